The molecule has 7 heteroatoms. The molecule has 5 aliphatic carbocycles. The van der Waals surface area contributed by atoms with Crippen LogP contribution in [0.15, 0.2) is 0 Å². The Bertz CT molecular complexity index is 883. The van der Waals surface area contributed by atoms with Crippen LogP contribution in [0.4, 0.5) is 0 Å². The van der Waals surface area contributed by atoms with Crippen LogP contribution < -0.4 is 21.7 Å². The molecule has 5 aliphatic rings. The van der Waals surface area contributed by atoms with Crippen LogP contribution in [0.1, 0.15) is 123 Å². The second kappa shape index (κ2) is 16.4. The van der Waals surface area contributed by atoms with Crippen molar-refractivity contribution in [2.75, 3.05) is 45.9 Å². The third-order valence-corrected chi connectivity index (χ3v) is 13.7. The van der Waals surface area contributed by atoms with Gasteiger partial charge in [0.1, 0.15) is 0 Å². The summed E-state index contributed by atoms with van der Waals surface area (Å²) < 4.78 is 6.03. The van der Waals surface area contributed by atoms with E-state index in [1.54, 1.807) is 0 Å². The summed E-state index contributed by atoms with van der Waals surface area (Å²) in [6.45, 7) is 11.9. The predicted molar refractivity (Wildman–Crippen MR) is 179 cm³/mol. The summed E-state index contributed by atoms with van der Waals surface area (Å²) in [7, 11) is 0. The number of aliphatic hydroxyl groups excluding tert-OH is 1. The molecule has 0 aromatic carbocycles. The lowest BCUT2D eigenvalue weighted by molar-refractivity contribution is -0.170. The highest BCUT2D eigenvalue weighted by atomic mass is 16.5. The molecule has 0 aliphatic heterocycles. The van der Waals surface area contributed by atoms with Gasteiger partial charge in [-0.1, -0.05) is 33.1 Å². The van der Waals surface area contributed by atoms with Crippen LogP contribution in [0.2, 0.25) is 0 Å². The number of carbonyl (C=O) groups excluding carboxylic acids is 1. The number of unbranched alkanes of at least 4 members (excludes halogenated alkanes) is 1. The SMILES string of the molecule is C[C@]12CC[C@H](NCCCNCCCCNCCCN)CC1C[C@@H](O)C1C2CC[C@]2(C)C(COC(=O)C3CCCCC3)CCC12. The average Bonchev–Trinajstić information content (AvgIpc) is 3.37. The van der Waals surface area contributed by atoms with E-state index < -0.39 is 0 Å². The standard InChI is InChI=1S/C37H68N4O3/c1-36-17-15-32-34(31(36)13-12-28(36)26-44-35(43)27-10-4-3-5-11-27)33(42)25-29-24-30(14-16-37(29,32)2)41-23-9-22-40-20-7-6-19-39-21-8-18-38/h27-34,39-42H,3-26,38H2,1-2H3/t28?,29?,30-,31?,32?,33+,34?,36+,37-/m0/s1. The second-order valence-electron chi connectivity index (χ2n) is 16.2. The number of fused-ring (bicyclic) bond motifs is 5. The Labute approximate surface area is 269 Å². The number of esters is 1. The molecule has 7 nitrogen and oxygen atoms in total. The predicted octanol–water partition coefficient (Wildman–Crippen LogP) is 5.40. The number of carbonyl (C=O) groups is 1. The van der Waals surface area contributed by atoms with Gasteiger partial charge in [-0.05, 0) is 170 Å². The highest BCUT2D eigenvalue weighted by molar-refractivity contribution is 5.72. The molecule has 0 aromatic heterocycles. The summed E-state index contributed by atoms with van der Waals surface area (Å²) in [5.74, 6) is 2.92. The first-order valence-corrected chi connectivity index (χ1v) is 19.1. The van der Waals surface area contributed by atoms with Crippen LogP contribution in [-0.4, -0.2) is 69.1 Å². The summed E-state index contributed by atoms with van der Waals surface area (Å²) in [6, 6.07) is 0.597. The summed E-state index contributed by atoms with van der Waals surface area (Å²) in [5.41, 5.74) is 6.10. The third-order valence-electron chi connectivity index (χ3n) is 13.7. The molecular formula is C37H68N4O3. The Morgan fingerprint density at radius 2 is 1.48 bits per heavy atom. The van der Waals surface area contributed by atoms with Crippen LogP contribution in [0.3, 0.4) is 0 Å². The monoisotopic (exact) mass is 617 g/mol. The van der Waals surface area contributed by atoms with Crippen molar-refractivity contribution >= 4 is 5.97 Å². The molecule has 5 saturated carbocycles. The molecule has 6 N–H and O–H groups in total. The molecular weight excluding hydrogens is 548 g/mol. The van der Waals surface area contributed by atoms with Gasteiger partial charge < -0.3 is 31.5 Å². The van der Waals surface area contributed by atoms with Gasteiger partial charge in [-0.15, -0.1) is 0 Å². The number of nitrogens with two attached hydrogens (primary N) is 1. The van der Waals surface area contributed by atoms with Crippen LogP contribution in [0.5, 0.6) is 0 Å². The maximum Gasteiger partial charge on any atom is 0.308 e. The fourth-order valence-electron chi connectivity index (χ4n) is 10.9. The Hall–Kier alpha value is -0.730. The Kier molecular flexibility index (Phi) is 12.9. The van der Waals surface area contributed by atoms with Gasteiger partial charge in [0, 0.05) is 6.04 Å². The van der Waals surface area contributed by atoms with E-state index in [-0.39, 0.29) is 23.4 Å². The summed E-state index contributed by atoms with van der Waals surface area (Å²) >= 11 is 0. The van der Waals surface area contributed by atoms with E-state index in [0.29, 0.717) is 47.7 Å². The first kappa shape index (κ1) is 34.6. The molecule has 0 bridgehead atoms. The minimum atomic E-state index is -0.176. The topological polar surface area (TPSA) is 109 Å². The fraction of sp³-hybridized carbons (Fsp3) is 0.973. The van der Waals surface area contributed by atoms with Crippen LogP contribution in [0.25, 0.3) is 0 Å². The maximum absolute atomic E-state index is 12.8. The van der Waals surface area contributed by atoms with E-state index in [9.17, 15) is 9.90 Å². The van der Waals surface area contributed by atoms with Gasteiger partial charge in [-0.2, -0.15) is 0 Å². The Balaban J connectivity index is 1.03. The lowest BCUT2D eigenvalue weighted by Crippen LogP contribution is -2.59. The minimum Gasteiger partial charge on any atom is -0.465 e. The molecule has 9 atom stereocenters. The van der Waals surface area contributed by atoms with Crippen molar-refractivity contribution in [3.63, 3.8) is 0 Å². The van der Waals surface area contributed by atoms with E-state index in [1.165, 1.54) is 77.0 Å². The van der Waals surface area contributed by atoms with Crippen molar-refractivity contribution in [1.82, 2.24) is 16.0 Å². The molecule has 5 fully saturated rings. The second-order valence-corrected chi connectivity index (χ2v) is 16.2. The fourth-order valence-corrected chi connectivity index (χ4v) is 10.9. The zero-order valence-corrected chi connectivity index (χ0v) is 28.4. The highest BCUT2D eigenvalue weighted by Gasteiger charge is 2.62. The summed E-state index contributed by atoms with van der Waals surface area (Å²) in [4.78, 5) is 12.8. The zero-order valence-electron chi connectivity index (χ0n) is 28.4. The van der Waals surface area contributed by atoms with Gasteiger partial charge >= 0.3 is 5.97 Å². The largest absolute Gasteiger partial charge is 0.465 e. The molecule has 0 aromatic rings. The molecule has 0 saturated heterocycles. The number of aliphatic hydroxyl groups is 1. The van der Waals surface area contributed by atoms with Crippen LogP contribution in [-0.2, 0) is 9.53 Å². The third kappa shape index (κ3) is 8.03. The number of ether oxygens (including phenoxy) is 1. The van der Waals surface area contributed by atoms with Crippen LogP contribution in [0, 0.1) is 46.3 Å². The first-order chi connectivity index (χ1) is 21.4. The normalized spacial score (nSPS) is 39.0. The smallest absolute Gasteiger partial charge is 0.308 e. The number of hydrogen-bond donors (Lipinski definition) is 5. The summed E-state index contributed by atoms with van der Waals surface area (Å²) in [5, 5.41) is 22.7. The molecule has 0 radical (unpaired) electrons. The first-order valence-electron chi connectivity index (χ1n) is 19.1. The molecule has 5 unspecified atom stereocenters. The van der Waals surface area contributed by atoms with Gasteiger partial charge in [0.05, 0.1) is 18.6 Å². The molecule has 0 heterocycles. The Morgan fingerprint density at radius 1 is 0.795 bits per heavy atom. The number of rotatable bonds is 16. The van der Waals surface area contributed by atoms with Gasteiger partial charge in [-0.25, -0.2) is 0 Å². The van der Waals surface area contributed by atoms with Crippen molar-refractivity contribution in [3.8, 4) is 0 Å². The van der Waals surface area contributed by atoms with E-state index in [4.69, 9.17) is 10.5 Å². The van der Waals surface area contributed by atoms with Crippen molar-refractivity contribution in [1.29, 1.82) is 0 Å². The van der Waals surface area contributed by atoms with E-state index in [1.807, 2.05) is 0 Å². The molecule has 0 amide bonds. The average molecular weight is 617 g/mol. The van der Waals surface area contributed by atoms with Gasteiger partial charge in [-0.3, -0.25) is 4.79 Å². The minimum absolute atomic E-state index is 0.0678. The van der Waals surface area contributed by atoms with Crippen molar-refractivity contribution in [2.45, 2.75) is 135 Å². The lowest BCUT2D eigenvalue weighted by Gasteiger charge is -2.62. The van der Waals surface area contributed by atoms with Crippen molar-refractivity contribution in [2.24, 2.45) is 52.1 Å². The molecule has 5 rings (SSSR count). The van der Waals surface area contributed by atoms with E-state index in [2.05, 4.69) is 29.8 Å². The lowest BCUT2D eigenvalue weighted by atomic mass is 9.44. The molecule has 44 heavy (non-hydrogen) atoms. The zero-order chi connectivity index (χ0) is 31.0. The van der Waals surface area contributed by atoms with E-state index >= 15 is 0 Å². The van der Waals surface area contributed by atoms with Gasteiger partial charge in [0.15, 0.2) is 0 Å². The van der Waals surface area contributed by atoms with Crippen molar-refractivity contribution in [3.05, 3.63) is 0 Å². The van der Waals surface area contributed by atoms with Crippen molar-refractivity contribution < 1.29 is 14.6 Å². The summed E-state index contributed by atoms with van der Waals surface area (Å²) in [6.07, 6.45) is 19.8. The highest BCUT2D eigenvalue weighted by Crippen LogP contribution is 2.67. The van der Waals surface area contributed by atoms with E-state index in [0.717, 1.165) is 71.4 Å². The van der Waals surface area contributed by atoms with Gasteiger partial charge in [0.2, 0.25) is 0 Å². The number of hydrogen-bond acceptors (Lipinski definition) is 7. The van der Waals surface area contributed by atoms with Crippen LogP contribution >= 0.6 is 0 Å². The quantitative estimate of drug-likeness (QED) is 0.117. The number of nitrogens with one attached hydrogen (secondary N) is 3. The molecule has 0 spiro atoms. The maximum atomic E-state index is 12.8. The van der Waals surface area contributed by atoms with Gasteiger partial charge in [0.25, 0.3) is 0 Å². The molecule has 254 valence electrons. The Morgan fingerprint density at radius 3 is 2.23 bits per heavy atom.